The van der Waals surface area contributed by atoms with E-state index < -0.39 is 0 Å². The van der Waals surface area contributed by atoms with Crippen molar-refractivity contribution in [3.05, 3.63) is 64.6 Å². The molecule has 1 N–H and O–H groups in total. The van der Waals surface area contributed by atoms with Crippen molar-refractivity contribution in [1.29, 1.82) is 0 Å². The summed E-state index contributed by atoms with van der Waals surface area (Å²) in [6.45, 7) is 0.466. The van der Waals surface area contributed by atoms with Gasteiger partial charge in [0.05, 0.1) is 37.6 Å². The van der Waals surface area contributed by atoms with E-state index in [1.54, 1.807) is 32.4 Å². The number of hydrazine groups is 1. The van der Waals surface area contributed by atoms with Crippen LogP contribution in [0.25, 0.3) is 0 Å². The van der Waals surface area contributed by atoms with E-state index in [1.165, 1.54) is 12.1 Å². The number of rotatable bonds is 7. The van der Waals surface area contributed by atoms with Gasteiger partial charge in [0.15, 0.2) is 0 Å². The van der Waals surface area contributed by atoms with Crippen LogP contribution < -0.4 is 19.9 Å². The van der Waals surface area contributed by atoms with Crippen LogP contribution in [-0.4, -0.2) is 34.0 Å². The maximum Gasteiger partial charge on any atom is 0.124 e. The predicted molar refractivity (Wildman–Crippen MR) is 104 cm³/mol. The zero-order chi connectivity index (χ0) is 19.4. The summed E-state index contributed by atoms with van der Waals surface area (Å²) in [5, 5.41) is 2.14. The molecular weight excluding hydrogens is 371 g/mol. The largest absolute Gasteiger partial charge is 0.497 e. The summed E-state index contributed by atoms with van der Waals surface area (Å²) < 4.78 is 29.4. The van der Waals surface area contributed by atoms with Crippen LogP contribution in [0.2, 0.25) is 5.02 Å². The monoisotopic (exact) mass is 392 g/mol. The lowest BCUT2D eigenvalue weighted by Crippen LogP contribution is -2.38. The van der Waals surface area contributed by atoms with Crippen molar-refractivity contribution < 1.29 is 18.6 Å². The van der Waals surface area contributed by atoms with E-state index in [-0.39, 0.29) is 11.9 Å². The molecule has 2 aromatic carbocycles. The van der Waals surface area contributed by atoms with Crippen molar-refractivity contribution in [2.75, 3.05) is 32.9 Å². The van der Waals surface area contributed by atoms with E-state index in [2.05, 4.69) is 5.43 Å². The second-order valence-electron chi connectivity index (χ2n) is 6.21. The van der Waals surface area contributed by atoms with Gasteiger partial charge in [-0.15, -0.1) is 0 Å². The number of hydrogen-bond donors (Lipinski definition) is 1. The van der Waals surface area contributed by atoms with Gasteiger partial charge in [0, 0.05) is 19.4 Å². The molecule has 1 atom stereocenters. The lowest BCUT2D eigenvalue weighted by Gasteiger charge is -2.22. The molecule has 1 unspecified atom stereocenters. The highest BCUT2D eigenvalue weighted by molar-refractivity contribution is 6.33. The Labute approximate surface area is 163 Å². The Hall–Kier alpha value is -2.28. The smallest absolute Gasteiger partial charge is 0.124 e. The molecule has 0 radical (unpaired) electrons. The van der Waals surface area contributed by atoms with Gasteiger partial charge in [-0.05, 0) is 47.9 Å². The van der Waals surface area contributed by atoms with E-state index >= 15 is 0 Å². The molecule has 5 nitrogen and oxygen atoms in total. The molecule has 0 bridgehead atoms. The molecule has 3 rings (SSSR count). The molecule has 7 heteroatoms. The molecule has 1 aliphatic heterocycles. The van der Waals surface area contributed by atoms with Gasteiger partial charge in [0.25, 0.3) is 0 Å². The second-order valence-corrected chi connectivity index (χ2v) is 6.62. The molecule has 0 amide bonds. The van der Waals surface area contributed by atoms with Gasteiger partial charge in [-0.3, -0.25) is 5.01 Å². The first-order valence-corrected chi connectivity index (χ1v) is 8.83. The lowest BCUT2D eigenvalue weighted by molar-refractivity contribution is 0.220. The minimum atomic E-state index is -0.371. The normalized spacial score (nSPS) is 16.4. The van der Waals surface area contributed by atoms with Crippen molar-refractivity contribution >= 4 is 17.3 Å². The summed E-state index contributed by atoms with van der Waals surface area (Å²) in [5.41, 5.74) is 6.18. The molecule has 0 saturated carbocycles. The van der Waals surface area contributed by atoms with Gasteiger partial charge in [0.2, 0.25) is 0 Å². The predicted octanol–water partition coefficient (Wildman–Crippen LogP) is 3.96. The Kier molecular flexibility index (Phi) is 6.21. The third kappa shape index (κ3) is 4.53. The highest BCUT2D eigenvalue weighted by Gasteiger charge is 2.26. The standard InChI is InChI=1S/C20H22ClFN2O3/c1-25-12-14-11-24(20-5-4-15(22)9-18(20)21)23-19(14)8-13-6-16(26-2)10-17(7-13)27-3/h4-7,9-11,19,23H,8,12H2,1-3H3. The summed E-state index contributed by atoms with van der Waals surface area (Å²) in [5.74, 6) is 1.10. The molecule has 0 aliphatic carbocycles. The molecule has 0 saturated heterocycles. The fourth-order valence-corrected chi connectivity index (χ4v) is 3.32. The van der Waals surface area contributed by atoms with E-state index in [0.29, 0.717) is 23.7 Å². The molecule has 27 heavy (non-hydrogen) atoms. The Balaban J connectivity index is 1.84. The fourth-order valence-electron chi connectivity index (χ4n) is 3.06. The Morgan fingerprint density at radius 2 is 1.78 bits per heavy atom. The summed E-state index contributed by atoms with van der Waals surface area (Å²) in [7, 11) is 4.90. The van der Waals surface area contributed by atoms with Gasteiger partial charge in [-0.25, -0.2) is 9.82 Å². The van der Waals surface area contributed by atoms with Crippen LogP contribution in [0.4, 0.5) is 10.1 Å². The SMILES string of the molecule is COCC1=CN(c2ccc(F)cc2Cl)NC1Cc1cc(OC)cc(OC)c1. The Morgan fingerprint density at radius 3 is 2.37 bits per heavy atom. The van der Waals surface area contributed by atoms with Crippen molar-refractivity contribution in [1.82, 2.24) is 5.43 Å². The van der Waals surface area contributed by atoms with E-state index in [9.17, 15) is 4.39 Å². The van der Waals surface area contributed by atoms with Crippen LogP contribution in [0.3, 0.4) is 0 Å². The fraction of sp³-hybridized carbons (Fsp3) is 0.300. The van der Waals surface area contributed by atoms with Crippen LogP contribution in [0.15, 0.2) is 48.2 Å². The summed E-state index contributed by atoms with van der Waals surface area (Å²) in [6.07, 6.45) is 2.63. The maximum atomic E-state index is 13.4. The second kappa shape index (κ2) is 8.61. The van der Waals surface area contributed by atoms with Gasteiger partial charge < -0.3 is 14.2 Å². The van der Waals surface area contributed by atoms with Gasteiger partial charge in [-0.1, -0.05) is 11.6 Å². The van der Waals surface area contributed by atoms with Crippen molar-refractivity contribution in [3.63, 3.8) is 0 Å². The zero-order valence-electron chi connectivity index (χ0n) is 15.5. The van der Waals surface area contributed by atoms with E-state index in [0.717, 1.165) is 22.6 Å². The van der Waals surface area contributed by atoms with Gasteiger partial charge in [0.1, 0.15) is 17.3 Å². The van der Waals surface area contributed by atoms with Crippen molar-refractivity contribution in [2.45, 2.75) is 12.5 Å². The topological polar surface area (TPSA) is 43.0 Å². The number of ether oxygens (including phenoxy) is 3. The maximum absolute atomic E-state index is 13.4. The van der Waals surface area contributed by atoms with Crippen LogP contribution >= 0.6 is 11.6 Å². The minimum Gasteiger partial charge on any atom is -0.497 e. The summed E-state index contributed by atoms with van der Waals surface area (Å²) in [4.78, 5) is 0. The quantitative estimate of drug-likeness (QED) is 0.772. The third-order valence-electron chi connectivity index (χ3n) is 4.37. The van der Waals surface area contributed by atoms with Gasteiger partial charge >= 0.3 is 0 Å². The Bertz CT molecular complexity index is 822. The molecule has 0 fully saturated rings. The average Bonchev–Trinajstić information content (AvgIpc) is 3.03. The highest BCUT2D eigenvalue weighted by atomic mass is 35.5. The van der Waals surface area contributed by atoms with Crippen molar-refractivity contribution in [3.8, 4) is 11.5 Å². The van der Waals surface area contributed by atoms with E-state index in [4.69, 9.17) is 25.8 Å². The highest BCUT2D eigenvalue weighted by Crippen LogP contribution is 2.31. The number of hydrogen-bond acceptors (Lipinski definition) is 5. The number of benzene rings is 2. The molecule has 144 valence electrons. The lowest BCUT2D eigenvalue weighted by atomic mass is 10.0. The van der Waals surface area contributed by atoms with Crippen LogP contribution in [0.1, 0.15) is 5.56 Å². The molecule has 1 heterocycles. The molecular formula is C20H22ClFN2O3. The Morgan fingerprint density at radius 1 is 1.07 bits per heavy atom. The third-order valence-corrected chi connectivity index (χ3v) is 4.67. The zero-order valence-corrected chi connectivity index (χ0v) is 16.2. The first-order chi connectivity index (χ1) is 13.0. The molecule has 2 aromatic rings. The number of halogens is 2. The summed E-state index contributed by atoms with van der Waals surface area (Å²) in [6, 6.07) is 10.1. The van der Waals surface area contributed by atoms with Crippen LogP contribution in [0, 0.1) is 5.82 Å². The molecule has 0 spiro atoms. The average molecular weight is 393 g/mol. The van der Waals surface area contributed by atoms with E-state index in [1.807, 2.05) is 24.4 Å². The number of anilines is 1. The number of nitrogens with one attached hydrogen (secondary N) is 1. The summed E-state index contributed by atoms with van der Waals surface area (Å²) >= 11 is 6.21. The number of methoxy groups -OCH3 is 3. The minimum absolute atomic E-state index is 0.0112. The van der Waals surface area contributed by atoms with Crippen molar-refractivity contribution in [2.24, 2.45) is 0 Å². The first-order valence-electron chi connectivity index (χ1n) is 8.46. The number of nitrogens with zero attached hydrogens (tertiary/aromatic N) is 1. The molecule has 1 aliphatic rings. The van der Waals surface area contributed by atoms with Crippen LogP contribution in [-0.2, 0) is 11.2 Å². The first kappa shape index (κ1) is 19.5. The molecule has 0 aromatic heterocycles. The van der Waals surface area contributed by atoms with Gasteiger partial charge in [-0.2, -0.15) is 0 Å². The van der Waals surface area contributed by atoms with Crippen LogP contribution in [0.5, 0.6) is 11.5 Å².